The minimum atomic E-state index is -0.906. The smallest absolute Gasteiger partial charge is 0.162 e. The van der Waals surface area contributed by atoms with Gasteiger partial charge in [-0.15, -0.1) is 0 Å². The monoisotopic (exact) mass is 271 g/mol. The lowest BCUT2D eigenvalue weighted by Crippen LogP contribution is -2.39. The number of Topliss-reactive ketones (excluding diaryl/α,β-unsaturated/α-hetero) is 1. The molecule has 0 aromatic heterocycles. The Hall–Kier alpha value is -0.940. The minimum Gasteiger partial charge on any atom is -0.312 e. The van der Waals surface area contributed by atoms with Crippen LogP contribution in [0, 0.1) is 11.6 Å². The zero-order chi connectivity index (χ0) is 13.0. The molecule has 0 saturated carbocycles. The van der Waals surface area contributed by atoms with Crippen LogP contribution in [0.3, 0.4) is 0 Å². The van der Waals surface area contributed by atoms with Crippen molar-refractivity contribution >= 4 is 17.5 Å². The first-order valence-corrected chi connectivity index (χ1v) is 7.08. The first-order chi connectivity index (χ1) is 8.66. The standard InChI is InChI=1S/C13H15F2NOS/c14-12-3-1-2-9(13(12)15)6-11(17)7-10-8-18-5-4-16-10/h1-3,10,16H,4-8H2. The van der Waals surface area contributed by atoms with Crippen LogP contribution < -0.4 is 5.32 Å². The fourth-order valence-corrected chi connectivity index (χ4v) is 2.94. The van der Waals surface area contributed by atoms with Gasteiger partial charge in [0.15, 0.2) is 11.6 Å². The molecule has 2 nitrogen and oxygen atoms in total. The molecule has 18 heavy (non-hydrogen) atoms. The third-order valence-electron chi connectivity index (χ3n) is 2.89. The number of carbonyl (C=O) groups is 1. The van der Waals surface area contributed by atoms with Gasteiger partial charge in [-0.3, -0.25) is 4.79 Å². The summed E-state index contributed by atoms with van der Waals surface area (Å²) < 4.78 is 26.4. The van der Waals surface area contributed by atoms with Gasteiger partial charge in [0.25, 0.3) is 0 Å². The molecule has 1 saturated heterocycles. The minimum absolute atomic E-state index is 0.0353. The van der Waals surface area contributed by atoms with E-state index in [1.54, 1.807) is 0 Å². The summed E-state index contributed by atoms with van der Waals surface area (Å²) in [7, 11) is 0. The van der Waals surface area contributed by atoms with Crippen LogP contribution in [0.5, 0.6) is 0 Å². The van der Waals surface area contributed by atoms with Crippen molar-refractivity contribution in [3.8, 4) is 0 Å². The van der Waals surface area contributed by atoms with Crippen molar-refractivity contribution in [2.24, 2.45) is 0 Å². The molecular formula is C13H15F2NOS. The second kappa shape index (κ2) is 6.29. The van der Waals surface area contributed by atoms with Gasteiger partial charge in [-0.2, -0.15) is 11.8 Å². The molecule has 0 bridgehead atoms. The Bertz CT molecular complexity index is 433. The zero-order valence-corrected chi connectivity index (χ0v) is 10.7. The summed E-state index contributed by atoms with van der Waals surface area (Å²) in [5.74, 6) is 0.101. The predicted octanol–water partition coefficient (Wildman–Crippen LogP) is 2.17. The Morgan fingerprint density at radius 3 is 3.00 bits per heavy atom. The number of nitrogens with one attached hydrogen (secondary N) is 1. The largest absolute Gasteiger partial charge is 0.312 e. The van der Waals surface area contributed by atoms with E-state index in [2.05, 4.69) is 5.32 Å². The van der Waals surface area contributed by atoms with E-state index in [1.165, 1.54) is 12.1 Å². The van der Waals surface area contributed by atoms with E-state index in [1.807, 2.05) is 11.8 Å². The van der Waals surface area contributed by atoms with Gasteiger partial charge in [-0.1, -0.05) is 12.1 Å². The van der Waals surface area contributed by atoms with Crippen molar-refractivity contribution in [2.45, 2.75) is 18.9 Å². The van der Waals surface area contributed by atoms with Gasteiger partial charge in [-0.25, -0.2) is 8.78 Å². The van der Waals surface area contributed by atoms with Gasteiger partial charge < -0.3 is 5.32 Å². The predicted molar refractivity (Wildman–Crippen MR) is 68.8 cm³/mol. The Labute approximate surface area is 109 Å². The number of carbonyl (C=O) groups excluding carboxylic acids is 1. The molecule has 1 aliphatic heterocycles. The average Bonchev–Trinajstić information content (AvgIpc) is 2.36. The summed E-state index contributed by atoms with van der Waals surface area (Å²) >= 11 is 1.81. The molecule has 1 unspecified atom stereocenters. The van der Waals surface area contributed by atoms with Crippen LogP contribution in [0.15, 0.2) is 18.2 Å². The second-order valence-electron chi connectivity index (χ2n) is 4.36. The third kappa shape index (κ3) is 3.53. The first-order valence-electron chi connectivity index (χ1n) is 5.92. The van der Waals surface area contributed by atoms with E-state index in [0.717, 1.165) is 24.1 Å². The Kier molecular flexibility index (Phi) is 4.72. The van der Waals surface area contributed by atoms with Crippen LogP contribution in [0.2, 0.25) is 0 Å². The summed E-state index contributed by atoms with van der Waals surface area (Å²) in [5.41, 5.74) is 0.142. The van der Waals surface area contributed by atoms with Gasteiger partial charge >= 0.3 is 0 Å². The van der Waals surface area contributed by atoms with Crippen molar-refractivity contribution in [1.29, 1.82) is 0 Å². The molecule has 1 aromatic carbocycles. The highest BCUT2D eigenvalue weighted by atomic mass is 32.2. The fraction of sp³-hybridized carbons (Fsp3) is 0.462. The third-order valence-corrected chi connectivity index (χ3v) is 4.02. The van der Waals surface area contributed by atoms with E-state index >= 15 is 0 Å². The zero-order valence-electron chi connectivity index (χ0n) is 9.92. The van der Waals surface area contributed by atoms with E-state index < -0.39 is 11.6 Å². The molecule has 1 aliphatic rings. The van der Waals surface area contributed by atoms with Gasteiger partial charge in [0.05, 0.1) is 0 Å². The van der Waals surface area contributed by atoms with Crippen LogP contribution >= 0.6 is 11.8 Å². The number of halogens is 2. The lowest BCUT2D eigenvalue weighted by Gasteiger charge is -2.22. The van der Waals surface area contributed by atoms with Gasteiger partial charge in [0, 0.05) is 36.9 Å². The van der Waals surface area contributed by atoms with Crippen molar-refractivity contribution in [3.05, 3.63) is 35.4 Å². The van der Waals surface area contributed by atoms with Crippen LogP contribution in [0.4, 0.5) is 8.78 Å². The summed E-state index contributed by atoms with van der Waals surface area (Å²) in [6.07, 6.45) is 0.343. The van der Waals surface area contributed by atoms with Crippen LogP contribution in [0.25, 0.3) is 0 Å². The van der Waals surface area contributed by atoms with E-state index in [9.17, 15) is 13.6 Å². The quantitative estimate of drug-likeness (QED) is 0.910. The highest BCUT2D eigenvalue weighted by Gasteiger charge is 2.18. The molecule has 1 aromatic rings. The Morgan fingerprint density at radius 1 is 1.44 bits per heavy atom. The highest BCUT2D eigenvalue weighted by Crippen LogP contribution is 2.15. The Balaban J connectivity index is 1.92. The highest BCUT2D eigenvalue weighted by molar-refractivity contribution is 7.99. The molecule has 0 spiro atoms. The van der Waals surface area contributed by atoms with Crippen molar-refractivity contribution in [3.63, 3.8) is 0 Å². The second-order valence-corrected chi connectivity index (χ2v) is 5.51. The Morgan fingerprint density at radius 2 is 2.28 bits per heavy atom. The lowest BCUT2D eigenvalue weighted by atomic mass is 10.0. The van der Waals surface area contributed by atoms with Gasteiger partial charge in [0.1, 0.15) is 5.78 Å². The summed E-state index contributed by atoms with van der Waals surface area (Å²) in [5, 5.41) is 3.25. The summed E-state index contributed by atoms with van der Waals surface area (Å²) in [6.45, 7) is 0.900. The number of thioether (sulfide) groups is 1. The average molecular weight is 271 g/mol. The molecule has 5 heteroatoms. The molecule has 1 fully saturated rings. The molecule has 0 aliphatic carbocycles. The lowest BCUT2D eigenvalue weighted by molar-refractivity contribution is -0.118. The molecule has 0 radical (unpaired) electrons. The maximum Gasteiger partial charge on any atom is 0.162 e. The van der Waals surface area contributed by atoms with Crippen molar-refractivity contribution < 1.29 is 13.6 Å². The van der Waals surface area contributed by atoms with E-state index in [4.69, 9.17) is 0 Å². The van der Waals surface area contributed by atoms with Crippen LogP contribution in [-0.4, -0.2) is 29.9 Å². The molecule has 0 amide bonds. The number of hydrogen-bond acceptors (Lipinski definition) is 3. The van der Waals surface area contributed by atoms with Crippen LogP contribution in [0.1, 0.15) is 12.0 Å². The molecular weight excluding hydrogens is 256 g/mol. The molecule has 1 atom stereocenters. The van der Waals surface area contributed by atoms with E-state index in [-0.39, 0.29) is 23.8 Å². The van der Waals surface area contributed by atoms with E-state index in [0.29, 0.717) is 6.42 Å². The summed E-state index contributed by atoms with van der Waals surface area (Å²) in [4.78, 5) is 11.8. The van der Waals surface area contributed by atoms with Crippen LogP contribution in [-0.2, 0) is 11.2 Å². The van der Waals surface area contributed by atoms with Crippen molar-refractivity contribution in [2.75, 3.05) is 18.1 Å². The maximum atomic E-state index is 13.4. The number of hydrogen-bond donors (Lipinski definition) is 1. The van der Waals surface area contributed by atoms with Gasteiger partial charge in [-0.05, 0) is 11.6 Å². The number of ketones is 1. The van der Waals surface area contributed by atoms with Crippen molar-refractivity contribution in [1.82, 2.24) is 5.32 Å². The van der Waals surface area contributed by atoms with Gasteiger partial charge in [0.2, 0.25) is 0 Å². The maximum absolute atomic E-state index is 13.4. The molecule has 1 heterocycles. The molecule has 98 valence electrons. The topological polar surface area (TPSA) is 29.1 Å². The fourth-order valence-electron chi connectivity index (χ4n) is 2.00. The molecule has 1 N–H and O–H groups in total. The SMILES string of the molecule is O=C(Cc1cccc(F)c1F)CC1CSCCN1. The normalized spacial score (nSPS) is 19.8. The first kappa shape index (κ1) is 13.5. The summed E-state index contributed by atoms with van der Waals surface area (Å²) in [6, 6.07) is 4.10. The molecule has 2 rings (SSSR count). The number of benzene rings is 1. The number of rotatable bonds is 4.